The van der Waals surface area contributed by atoms with Crippen LogP contribution in [0.4, 0.5) is 0 Å². The highest BCUT2D eigenvalue weighted by Gasteiger charge is 2.24. The van der Waals surface area contributed by atoms with Gasteiger partial charge in [-0.1, -0.05) is 133 Å². The van der Waals surface area contributed by atoms with Crippen LogP contribution in [0, 0.1) is 0 Å². The van der Waals surface area contributed by atoms with E-state index in [1.54, 1.807) is 0 Å². The fourth-order valence-electron chi connectivity index (χ4n) is 7.56. The highest BCUT2D eigenvalue weighted by atomic mass is 15.2. The van der Waals surface area contributed by atoms with Crippen molar-refractivity contribution in [1.82, 2.24) is 14.5 Å². The Kier molecular flexibility index (Phi) is 5.90. The van der Waals surface area contributed by atoms with Gasteiger partial charge >= 0.3 is 0 Å². The van der Waals surface area contributed by atoms with Crippen molar-refractivity contribution in [2.24, 2.45) is 4.99 Å². The highest BCUT2D eigenvalue weighted by molar-refractivity contribution is 6.24. The predicted molar refractivity (Wildman–Crippen MR) is 201 cm³/mol. The maximum absolute atomic E-state index is 5.34. The number of hydrogen-bond donors (Lipinski definition) is 1. The van der Waals surface area contributed by atoms with E-state index in [0.717, 1.165) is 33.9 Å². The number of aliphatic imine (C=N–C) groups is 1. The molecule has 10 rings (SSSR count). The van der Waals surface area contributed by atoms with Crippen LogP contribution in [0.2, 0.25) is 0 Å². The maximum Gasteiger partial charge on any atom is 0.209 e. The molecule has 0 radical (unpaired) electrons. The first-order valence-electron chi connectivity index (χ1n) is 16.4. The molecule has 1 N–H and O–H groups in total. The van der Waals surface area contributed by atoms with Crippen molar-refractivity contribution in [2.75, 3.05) is 0 Å². The summed E-state index contributed by atoms with van der Waals surface area (Å²) in [6.07, 6.45) is 2.23. The zero-order chi connectivity index (χ0) is 31.6. The second-order valence-corrected chi connectivity index (χ2v) is 12.5. The zero-order valence-corrected chi connectivity index (χ0v) is 26.1. The smallest absolute Gasteiger partial charge is 0.209 e. The van der Waals surface area contributed by atoms with E-state index >= 15 is 0 Å². The number of nitrogens with one attached hydrogen (secondary N) is 1. The van der Waals surface area contributed by atoms with Gasteiger partial charge in [-0.3, -0.25) is 4.57 Å². The number of fused-ring (bicyclic) bond motifs is 8. The monoisotopic (exact) mass is 614 g/mol. The van der Waals surface area contributed by atoms with Gasteiger partial charge in [0.2, 0.25) is 5.96 Å². The lowest BCUT2D eigenvalue weighted by atomic mass is 10.0. The van der Waals surface area contributed by atoms with Crippen LogP contribution in [0.3, 0.4) is 0 Å². The molecule has 0 amide bonds. The van der Waals surface area contributed by atoms with Gasteiger partial charge in [-0.2, -0.15) is 0 Å². The second kappa shape index (κ2) is 10.6. The summed E-state index contributed by atoms with van der Waals surface area (Å²) in [6.45, 7) is 0. The molecule has 48 heavy (non-hydrogen) atoms. The molecule has 0 bridgehead atoms. The molecular weight excluding hydrogens is 585 g/mol. The van der Waals surface area contributed by atoms with E-state index in [1.165, 1.54) is 48.9 Å². The quantitative estimate of drug-likeness (QED) is 0.211. The molecule has 1 unspecified atom stereocenters. The molecule has 2 aromatic heterocycles. The number of aromatic nitrogens is 2. The first kappa shape index (κ1) is 26.8. The molecule has 0 saturated heterocycles. The molecule has 1 aliphatic rings. The standard InChI is InChI=1S/C44H30N4/c1-4-15-30(16-5-1)38-27-39(31-17-6-2-7-18-31)46-44(45-38)48-40-23-13-12-22-34(40)36-26-37-35-25-24-29-14-10-11-21-33(29)43(35)47(41(37)28-42(36)48)32-19-8-3-9-20-32/h1-28,38H,(H,45,46). The van der Waals surface area contributed by atoms with E-state index in [2.05, 4.69) is 184 Å². The average molecular weight is 615 g/mol. The third-order valence-corrected chi connectivity index (χ3v) is 9.74. The van der Waals surface area contributed by atoms with Crippen molar-refractivity contribution in [3.63, 3.8) is 0 Å². The summed E-state index contributed by atoms with van der Waals surface area (Å²) in [6, 6.07) is 58.5. The molecule has 226 valence electrons. The van der Waals surface area contributed by atoms with Crippen molar-refractivity contribution >= 4 is 66.0 Å². The molecule has 0 saturated carbocycles. The van der Waals surface area contributed by atoms with Gasteiger partial charge in [0.05, 0.1) is 33.8 Å². The molecule has 1 atom stereocenters. The van der Waals surface area contributed by atoms with Crippen LogP contribution in [0.1, 0.15) is 17.2 Å². The van der Waals surface area contributed by atoms with E-state index < -0.39 is 0 Å². The maximum atomic E-state index is 5.34. The highest BCUT2D eigenvalue weighted by Crippen LogP contribution is 2.41. The van der Waals surface area contributed by atoms with Crippen LogP contribution in [0.5, 0.6) is 0 Å². The molecule has 4 heteroatoms. The summed E-state index contributed by atoms with van der Waals surface area (Å²) in [5, 5.41) is 11.2. The Balaban J connectivity index is 1.31. The van der Waals surface area contributed by atoms with Gasteiger partial charge in [0.25, 0.3) is 0 Å². The Hall–Kier alpha value is -6.39. The van der Waals surface area contributed by atoms with E-state index in [0.29, 0.717) is 0 Å². The Morgan fingerprint density at radius 1 is 0.479 bits per heavy atom. The van der Waals surface area contributed by atoms with Crippen molar-refractivity contribution in [1.29, 1.82) is 0 Å². The van der Waals surface area contributed by atoms with Crippen molar-refractivity contribution in [2.45, 2.75) is 6.04 Å². The number of hydrogen-bond acceptors (Lipinski definition) is 2. The third kappa shape index (κ3) is 4.06. The van der Waals surface area contributed by atoms with Gasteiger partial charge in [-0.25, -0.2) is 4.99 Å². The summed E-state index contributed by atoms with van der Waals surface area (Å²) in [5.74, 6) is 0.809. The molecule has 7 aromatic carbocycles. The summed E-state index contributed by atoms with van der Waals surface area (Å²) in [4.78, 5) is 5.34. The van der Waals surface area contributed by atoms with Crippen LogP contribution < -0.4 is 5.32 Å². The van der Waals surface area contributed by atoms with Gasteiger partial charge in [-0.05, 0) is 47.4 Å². The summed E-state index contributed by atoms with van der Waals surface area (Å²) in [7, 11) is 0. The molecule has 0 aliphatic carbocycles. The van der Waals surface area contributed by atoms with Gasteiger partial charge in [0.1, 0.15) is 0 Å². The van der Waals surface area contributed by atoms with Crippen LogP contribution in [-0.4, -0.2) is 15.1 Å². The fourth-order valence-corrected chi connectivity index (χ4v) is 7.56. The number of benzene rings is 7. The molecule has 3 heterocycles. The predicted octanol–water partition coefficient (Wildman–Crippen LogP) is 10.6. The zero-order valence-electron chi connectivity index (χ0n) is 26.1. The van der Waals surface area contributed by atoms with Gasteiger partial charge < -0.3 is 9.88 Å². The topological polar surface area (TPSA) is 34.2 Å². The van der Waals surface area contributed by atoms with Crippen molar-refractivity contribution in [3.8, 4) is 5.69 Å². The molecular formula is C44H30N4. The Morgan fingerprint density at radius 3 is 1.94 bits per heavy atom. The molecule has 0 fully saturated rings. The van der Waals surface area contributed by atoms with Gasteiger partial charge in [0.15, 0.2) is 0 Å². The van der Waals surface area contributed by atoms with E-state index in [9.17, 15) is 0 Å². The minimum absolute atomic E-state index is 0.0454. The lowest BCUT2D eigenvalue weighted by Gasteiger charge is -2.25. The van der Waals surface area contributed by atoms with Crippen LogP contribution in [0.15, 0.2) is 175 Å². The fraction of sp³-hybridized carbons (Fsp3) is 0.0227. The first-order chi connectivity index (χ1) is 23.8. The average Bonchev–Trinajstić information content (AvgIpc) is 3.67. The Morgan fingerprint density at radius 2 is 1.12 bits per heavy atom. The van der Waals surface area contributed by atoms with E-state index in [4.69, 9.17) is 4.99 Å². The first-order valence-corrected chi connectivity index (χ1v) is 16.4. The number of nitrogens with zero attached hydrogens (tertiary/aromatic N) is 3. The molecule has 0 spiro atoms. The second-order valence-electron chi connectivity index (χ2n) is 12.5. The van der Waals surface area contributed by atoms with E-state index in [1.807, 2.05) is 0 Å². The van der Waals surface area contributed by atoms with Crippen LogP contribution in [0.25, 0.3) is 65.8 Å². The number of rotatable bonds is 3. The minimum atomic E-state index is -0.0454. The third-order valence-electron chi connectivity index (χ3n) is 9.74. The summed E-state index contributed by atoms with van der Waals surface area (Å²) in [5.41, 5.74) is 9.00. The molecule has 1 aliphatic heterocycles. The van der Waals surface area contributed by atoms with Crippen molar-refractivity contribution < 1.29 is 0 Å². The van der Waals surface area contributed by atoms with E-state index in [-0.39, 0.29) is 6.04 Å². The Bertz CT molecular complexity index is 2730. The van der Waals surface area contributed by atoms with Crippen LogP contribution in [-0.2, 0) is 0 Å². The minimum Gasteiger partial charge on any atom is -0.345 e. The Labute approximate surface area is 277 Å². The van der Waals surface area contributed by atoms with Crippen LogP contribution >= 0.6 is 0 Å². The number of para-hydroxylation sites is 2. The molecule has 4 nitrogen and oxygen atoms in total. The molecule has 9 aromatic rings. The largest absolute Gasteiger partial charge is 0.345 e. The summed E-state index contributed by atoms with van der Waals surface area (Å²) < 4.78 is 4.76. The SMILES string of the molecule is C1=C(c2ccccc2)N=C(n2c3ccccc3c3cc4c5ccc6ccccc6c5n(-c5ccccc5)c4cc32)NC1c1ccccc1. The lowest BCUT2D eigenvalue weighted by Crippen LogP contribution is -2.35. The van der Waals surface area contributed by atoms with Gasteiger partial charge in [0, 0.05) is 38.2 Å². The lowest BCUT2D eigenvalue weighted by molar-refractivity contribution is 0.760. The van der Waals surface area contributed by atoms with Gasteiger partial charge in [-0.15, -0.1) is 0 Å². The summed E-state index contributed by atoms with van der Waals surface area (Å²) >= 11 is 0. The van der Waals surface area contributed by atoms with Crippen molar-refractivity contribution in [3.05, 3.63) is 181 Å². The normalized spacial score (nSPS) is 14.9.